The van der Waals surface area contributed by atoms with E-state index in [9.17, 15) is 8.78 Å². The minimum absolute atomic E-state index is 0.0294. The first-order valence-electron chi connectivity index (χ1n) is 27.9. The van der Waals surface area contributed by atoms with E-state index in [1.165, 1.54) is 128 Å². The summed E-state index contributed by atoms with van der Waals surface area (Å²) in [6.45, 7) is 45.5. The third-order valence-corrected chi connectivity index (χ3v) is 16.7. The first-order chi connectivity index (χ1) is 28.5. The van der Waals surface area contributed by atoms with Crippen molar-refractivity contribution in [1.82, 2.24) is 0 Å². The van der Waals surface area contributed by atoms with Crippen LogP contribution in [0.25, 0.3) is 0 Å². The zero-order valence-corrected chi connectivity index (χ0v) is 46.5. The van der Waals surface area contributed by atoms with Gasteiger partial charge in [0.2, 0.25) is 5.92 Å². The lowest BCUT2D eigenvalue weighted by atomic mass is 9.84. The Labute approximate surface area is 392 Å². The van der Waals surface area contributed by atoms with Crippen LogP contribution in [0, 0.1) is 86.3 Å². The molecule has 0 N–H and O–H groups in total. The first-order valence-corrected chi connectivity index (χ1v) is 27.9. The Morgan fingerprint density at radius 3 is 0.823 bits per heavy atom. The van der Waals surface area contributed by atoms with Crippen LogP contribution in [0.4, 0.5) is 8.78 Å². The number of hydrogen-bond acceptors (Lipinski definition) is 0. The van der Waals surface area contributed by atoms with Crippen LogP contribution in [0.5, 0.6) is 0 Å². The van der Waals surface area contributed by atoms with Gasteiger partial charge in [-0.05, 0) is 189 Å². The number of halogens is 2. The molecule has 0 aliphatic heterocycles. The van der Waals surface area contributed by atoms with Gasteiger partial charge in [-0.2, -0.15) is 0 Å². The SMILES string of the molecule is CC(C)CC(F)(F)CC1(C(C)C)CC1.CC(C)CCC1(CC(C)C)CC1.CC(C)CCC1(CC(C)C)CC1.CC(C)CCCC1(C(C)C)CC1.CC(C)CCCC1(C(C)C)CC1. The Kier molecular flexibility index (Phi) is 26.1. The molecule has 0 nitrogen and oxygen atoms in total. The molecule has 0 unspecified atom stereocenters. The lowest BCUT2D eigenvalue weighted by molar-refractivity contribution is -0.0512. The molecule has 0 heterocycles. The summed E-state index contributed by atoms with van der Waals surface area (Å²) in [4.78, 5) is 0. The summed E-state index contributed by atoms with van der Waals surface area (Å²) >= 11 is 0. The van der Waals surface area contributed by atoms with Crippen molar-refractivity contribution in [3.05, 3.63) is 0 Å². The first kappa shape index (κ1) is 59.9. The average Bonchev–Trinajstić information content (AvgIpc) is 3.90. The van der Waals surface area contributed by atoms with Crippen molar-refractivity contribution in [1.29, 1.82) is 0 Å². The highest BCUT2D eigenvalue weighted by molar-refractivity contribution is 4.99. The summed E-state index contributed by atoms with van der Waals surface area (Å²) in [7, 11) is 0. The van der Waals surface area contributed by atoms with Crippen LogP contribution in [0.15, 0.2) is 0 Å². The zero-order chi connectivity index (χ0) is 47.7. The summed E-state index contributed by atoms with van der Waals surface area (Å²) in [5, 5.41) is 0. The zero-order valence-electron chi connectivity index (χ0n) is 46.5. The van der Waals surface area contributed by atoms with E-state index in [1.54, 1.807) is 0 Å². The molecule has 0 radical (unpaired) electrons. The van der Waals surface area contributed by atoms with Crippen LogP contribution >= 0.6 is 0 Å². The molecule has 5 fully saturated rings. The predicted octanol–water partition coefficient (Wildman–Crippen LogP) is 21.5. The molecule has 62 heavy (non-hydrogen) atoms. The predicted molar refractivity (Wildman–Crippen MR) is 276 cm³/mol. The van der Waals surface area contributed by atoms with Crippen LogP contribution < -0.4 is 0 Å². The number of alkyl halides is 2. The van der Waals surface area contributed by atoms with Crippen LogP contribution in [-0.2, 0) is 0 Å². The summed E-state index contributed by atoms with van der Waals surface area (Å²) in [6, 6.07) is 0. The van der Waals surface area contributed by atoms with Gasteiger partial charge >= 0.3 is 0 Å². The third kappa shape index (κ3) is 25.7. The van der Waals surface area contributed by atoms with Gasteiger partial charge in [-0.15, -0.1) is 0 Å². The van der Waals surface area contributed by atoms with Crippen LogP contribution in [0.3, 0.4) is 0 Å². The highest BCUT2D eigenvalue weighted by Gasteiger charge is 2.52. The fourth-order valence-electron chi connectivity index (χ4n) is 11.0. The Morgan fingerprint density at radius 1 is 0.339 bits per heavy atom. The Hall–Kier alpha value is -0.140. The van der Waals surface area contributed by atoms with Gasteiger partial charge in [0.15, 0.2) is 0 Å². The molecule has 0 aromatic rings. The van der Waals surface area contributed by atoms with Gasteiger partial charge < -0.3 is 0 Å². The molecule has 0 saturated heterocycles. The average molecular weight is 878 g/mol. The van der Waals surface area contributed by atoms with Gasteiger partial charge in [0, 0.05) is 12.8 Å². The van der Waals surface area contributed by atoms with Crippen molar-refractivity contribution in [2.45, 2.75) is 298 Å². The molecular weight excluding hydrogens is 759 g/mol. The van der Waals surface area contributed by atoms with Gasteiger partial charge in [0.1, 0.15) is 0 Å². The molecule has 5 saturated carbocycles. The number of rotatable bonds is 25. The lowest BCUT2D eigenvalue weighted by Crippen LogP contribution is -2.26. The van der Waals surface area contributed by atoms with E-state index in [-0.39, 0.29) is 24.2 Å². The molecule has 0 aromatic carbocycles. The molecular formula is C60H118F2. The standard InChI is InChI=1S/C12H22F2.4C12H24/c1-9(2)7-12(13,14)8-11(5-6-11)10(3)4;2*1-10(2)5-6-12(7-8-12)9-11(3)4;2*1-10(2)6-5-7-12(8-9-12)11(3)4/h9-10H,5-8H2,1-4H3;4*10-11H,5-9H2,1-4H3. The minimum atomic E-state index is -2.45. The highest BCUT2D eigenvalue weighted by atomic mass is 19.3. The third-order valence-electron chi connectivity index (χ3n) is 16.7. The van der Waals surface area contributed by atoms with Crippen LogP contribution in [0.2, 0.25) is 0 Å². The van der Waals surface area contributed by atoms with Gasteiger partial charge in [-0.3, -0.25) is 0 Å². The Morgan fingerprint density at radius 2 is 0.629 bits per heavy atom. The molecule has 0 aromatic heterocycles. The summed E-state index contributed by atoms with van der Waals surface area (Å²) in [5.41, 5.74) is 3.15. The summed E-state index contributed by atoms with van der Waals surface area (Å²) in [5.74, 6) is 5.28. The Bertz CT molecular complexity index is 1060. The van der Waals surface area contributed by atoms with Crippen molar-refractivity contribution in [2.24, 2.45) is 86.3 Å². The smallest absolute Gasteiger partial charge is 0.207 e. The van der Waals surface area contributed by atoms with Crippen molar-refractivity contribution in [3.63, 3.8) is 0 Å². The van der Waals surface area contributed by atoms with E-state index in [1.807, 2.05) is 13.8 Å². The minimum Gasteiger partial charge on any atom is -0.207 e. The summed E-state index contributed by atoms with van der Waals surface area (Å²) < 4.78 is 27.1. The molecule has 372 valence electrons. The molecule has 0 bridgehead atoms. The monoisotopic (exact) mass is 877 g/mol. The fourth-order valence-corrected chi connectivity index (χ4v) is 11.0. The highest BCUT2D eigenvalue weighted by Crippen LogP contribution is 2.59. The molecule has 0 atom stereocenters. The maximum atomic E-state index is 13.6. The van der Waals surface area contributed by atoms with Crippen LogP contribution in [0.1, 0.15) is 293 Å². The maximum absolute atomic E-state index is 13.6. The topological polar surface area (TPSA) is 0 Å². The van der Waals surface area contributed by atoms with E-state index < -0.39 is 5.92 Å². The largest absolute Gasteiger partial charge is 0.248 e. The number of hydrogen-bond donors (Lipinski definition) is 0. The van der Waals surface area contributed by atoms with Crippen molar-refractivity contribution in [2.75, 3.05) is 0 Å². The molecule has 5 aliphatic rings. The normalized spacial score (nSPS) is 20.5. The van der Waals surface area contributed by atoms with Crippen LogP contribution in [-0.4, -0.2) is 5.92 Å². The van der Waals surface area contributed by atoms with E-state index in [0.717, 1.165) is 81.8 Å². The van der Waals surface area contributed by atoms with Crippen molar-refractivity contribution < 1.29 is 8.78 Å². The Balaban J connectivity index is 0.000000388. The quantitative estimate of drug-likeness (QED) is 0.0857. The van der Waals surface area contributed by atoms with Gasteiger partial charge in [0.25, 0.3) is 0 Å². The van der Waals surface area contributed by atoms with Gasteiger partial charge in [0.05, 0.1) is 0 Å². The van der Waals surface area contributed by atoms with E-state index >= 15 is 0 Å². The summed E-state index contributed by atoms with van der Waals surface area (Å²) in [6.07, 6.45) is 31.7. The molecule has 2 heteroatoms. The van der Waals surface area contributed by atoms with E-state index in [2.05, 4.69) is 125 Å². The van der Waals surface area contributed by atoms with Gasteiger partial charge in [-0.25, -0.2) is 8.78 Å². The fraction of sp³-hybridized carbons (Fsp3) is 1.00. The van der Waals surface area contributed by atoms with E-state index in [4.69, 9.17) is 0 Å². The van der Waals surface area contributed by atoms with E-state index in [0.29, 0.717) is 5.92 Å². The molecule has 5 rings (SSSR count). The molecule has 0 spiro atoms. The van der Waals surface area contributed by atoms with Gasteiger partial charge in [-0.1, -0.05) is 177 Å². The second-order valence-electron chi connectivity index (χ2n) is 27.3. The second kappa shape index (κ2) is 27.0. The maximum Gasteiger partial charge on any atom is 0.248 e. The molecule has 5 aliphatic carbocycles. The van der Waals surface area contributed by atoms with Crippen molar-refractivity contribution in [3.8, 4) is 0 Å². The van der Waals surface area contributed by atoms with Crippen molar-refractivity contribution >= 4 is 0 Å². The second-order valence-corrected chi connectivity index (χ2v) is 27.3. The lowest BCUT2D eigenvalue weighted by Gasteiger charge is -2.27. The molecule has 0 amide bonds.